The first-order valence-corrected chi connectivity index (χ1v) is 7.80. The first-order chi connectivity index (χ1) is 9.58. The highest BCUT2D eigenvalue weighted by molar-refractivity contribution is 9.10. The van der Waals surface area contributed by atoms with Crippen molar-refractivity contribution in [2.24, 2.45) is 5.41 Å². The van der Waals surface area contributed by atoms with Crippen LogP contribution < -0.4 is 5.32 Å². The highest BCUT2D eigenvalue weighted by atomic mass is 79.9. The van der Waals surface area contributed by atoms with E-state index >= 15 is 0 Å². The smallest absolute Gasteiger partial charge is 0.223 e. The fourth-order valence-electron chi connectivity index (χ4n) is 3.28. The molecule has 3 nitrogen and oxygen atoms in total. The lowest BCUT2D eigenvalue weighted by atomic mass is 9.78. The highest BCUT2D eigenvalue weighted by Crippen LogP contribution is 2.39. The first kappa shape index (κ1) is 14.0. The van der Waals surface area contributed by atoms with Crippen molar-refractivity contribution >= 4 is 21.8 Å². The van der Waals surface area contributed by atoms with Gasteiger partial charge in [-0.25, -0.2) is 4.39 Å². The molecule has 3 rings (SSSR count). The molecule has 0 radical (unpaired) electrons. The molecule has 2 aliphatic heterocycles. The van der Waals surface area contributed by atoms with Gasteiger partial charge in [-0.05, 0) is 65.0 Å². The molecule has 0 unspecified atom stereocenters. The van der Waals surface area contributed by atoms with Crippen LogP contribution in [0.2, 0.25) is 0 Å². The molecule has 108 valence electrons. The highest BCUT2D eigenvalue weighted by Gasteiger charge is 2.43. The third kappa shape index (κ3) is 2.74. The van der Waals surface area contributed by atoms with Gasteiger partial charge >= 0.3 is 0 Å². The van der Waals surface area contributed by atoms with Crippen LogP contribution in [-0.4, -0.2) is 30.4 Å². The third-order valence-electron chi connectivity index (χ3n) is 4.43. The van der Waals surface area contributed by atoms with Gasteiger partial charge in [-0.15, -0.1) is 0 Å². The minimum atomic E-state index is -0.267. The number of nitrogens with zero attached hydrogens (tertiary/aromatic N) is 1. The Morgan fingerprint density at radius 2 is 2.10 bits per heavy atom. The summed E-state index contributed by atoms with van der Waals surface area (Å²) in [6.45, 7) is 3.42. The van der Waals surface area contributed by atoms with Gasteiger partial charge in [0.15, 0.2) is 0 Å². The maximum absolute atomic E-state index is 13.2. The lowest BCUT2D eigenvalue weighted by molar-refractivity contribution is -0.128. The molecule has 2 aliphatic rings. The molecule has 0 saturated carbocycles. The van der Waals surface area contributed by atoms with Crippen molar-refractivity contribution in [1.29, 1.82) is 0 Å². The second-order valence-corrected chi connectivity index (χ2v) is 6.78. The topological polar surface area (TPSA) is 32.3 Å². The van der Waals surface area contributed by atoms with Gasteiger partial charge in [-0.2, -0.15) is 0 Å². The quantitative estimate of drug-likeness (QED) is 0.897. The van der Waals surface area contributed by atoms with Gasteiger partial charge in [0.1, 0.15) is 5.82 Å². The predicted octanol–water partition coefficient (Wildman–Crippen LogP) is 2.69. The molecule has 20 heavy (non-hydrogen) atoms. The Balaban J connectivity index is 1.71. The van der Waals surface area contributed by atoms with E-state index in [2.05, 4.69) is 21.2 Å². The van der Waals surface area contributed by atoms with Crippen molar-refractivity contribution in [3.8, 4) is 0 Å². The van der Waals surface area contributed by atoms with E-state index in [1.807, 2.05) is 4.90 Å². The molecule has 0 atom stereocenters. The number of halogens is 2. The summed E-state index contributed by atoms with van der Waals surface area (Å²) in [4.78, 5) is 14.1. The van der Waals surface area contributed by atoms with E-state index in [1.165, 1.54) is 6.07 Å². The molecular weight excluding hydrogens is 323 g/mol. The maximum Gasteiger partial charge on any atom is 0.223 e. The average molecular weight is 341 g/mol. The van der Waals surface area contributed by atoms with Gasteiger partial charge in [0, 0.05) is 19.5 Å². The number of amides is 1. The number of rotatable bonds is 2. The van der Waals surface area contributed by atoms with Crippen molar-refractivity contribution in [1.82, 2.24) is 10.2 Å². The summed E-state index contributed by atoms with van der Waals surface area (Å²) in [5.74, 6) is -0.0383. The Morgan fingerprint density at radius 3 is 2.80 bits per heavy atom. The summed E-state index contributed by atoms with van der Waals surface area (Å²) in [6.07, 6.45) is 2.81. The summed E-state index contributed by atoms with van der Waals surface area (Å²) in [6, 6.07) is 4.96. The Kier molecular flexibility index (Phi) is 3.82. The zero-order valence-electron chi connectivity index (χ0n) is 11.3. The van der Waals surface area contributed by atoms with E-state index in [0.717, 1.165) is 38.0 Å². The largest absolute Gasteiger partial charge is 0.338 e. The second kappa shape index (κ2) is 5.45. The van der Waals surface area contributed by atoms with E-state index in [-0.39, 0.29) is 17.1 Å². The molecule has 1 spiro atoms. The van der Waals surface area contributed by atoms with Crippen LogP contribution in [0.25, 0.3) is 0 Å². The summed E-state index contributed by atoms with van der Waals surface area (Å²) in [5.41, 5.74) is 1.14. The Bertz CT molecular complexity index is 529. The molecule has 2 heterocycles. The van der Waals surface area contributed by atoms with Gasteiger partial charge in [-0.3, -0.25) is 4.79 Å². The van der Waals surface area contributed by atoms with Crippen molar-refractivity contribution in [3.05, 3.63) is 34.1 Å². The van der Waals surface area contributed by atoms with Crippen molar-refractivity contribution in [2.45, 2.75) is 25.8 Å². The molecule has 1 amide bonds. The SMILES string of the molecule is O=C1CC2(CCNCC2)CN1Cc1ccc(F)c(Br)c1. The number of hydrogen-bond acceptors (Lipinski definition) is 2. The van der Waals surface area contributed by atoms with Gasteiger partial charge in [0.2, 0.25) is 5.91 Å². The zero-order valence-corrected chi connectivity index (χ0v) is 12.9. The lowest BCUT2D eigenvalue weighted by Gasteiger charge is -2.33. The summed E-state index contributed by atoms with van der Waals surface area (Å²) >= 11 is 3.19. The van der Waals surface area contributed by atoms with E-state index in [0.29, 0.717) is 17.4 Å². The second-order valence-electron chi connectivity index (χ2n) is 5.93. The van der Waals surface area contributed by atoms with Crippen molar-refractivity contribution in [3.63, 3.8) is 0 Å². The Morgan fingerprint density at radius 1 is 1.35 bits per heavy atom. The molecule has 2 saturated heterocycles. The van der Waals surface area contributed by atoms with E-state index in [4.69, 9.17) is 0 Å². The van der Waals surface area contributed by atoms with Gasteiger partial charge < -0.3 is 10.2 Å². The van der Waals surface area contributed by atoms with Crippen LogP contribution in [0.5, 0.6) is 0 Å². The van der Waals surface area contributed by atoms with Crippen LogP contribution in [0.1, 0.15) is 24.8 Å². The lowest BCUT2D eigenvalue weighted by Crippen LogP contribution is -2.38. The van der Waals surface area contributed by atoms with Crippen LogP contribution in [-0.2, 0) is 11.3 Å². The maximum atomic E-state index is 13.2. The van der Waals surface area contributed by atoms with Crippen LogP contribution in [0.15, 0.2) is 22.7 Å². The van der Waals surface area contributed by atoms with Gasteiger partial charge in [0.05, 0.1) is 4.47 Å². The van der Waals surface area contributed by atoms with Crippen molar-refractivity contribution < 1.29 is 9.18 Å². The van der Waals surface area contributed by atoms with Crippen LogP contribution >= 0.6 is 15.9 Å². The molecular formula is C15H18BrFN2O. The van der Waals surface area contributed by atoms with Crippen LogP contribution in [0.4, 0.5) is 4.39 Å². The molecule has 0 bridgehead atoms. The number of likely N-dealkylation sites (tertiary alicyclic amines) is 1. The monoisotopic (exact) mass is 340 g/mol. The third-order valence-corrected chi connectivity index (χ3v) is 5.03. The van der Waals surface area contributed by atoms with Crippen LogP contribution in [0.3, 0.4) is 0 Å². The number of carbonyl (C=O) groups is 1. The Labute approximate surface area is 126 Å². The molecule has 1 aromatic carbocycles. The normalized spacial score (nSPS) is 21.7. The molecule has 0 aromatic heterocycles. The van der Waals surface area contributed by atoms with E-state index in [9.17, 15) is 9.18 Å². The molecule has 2 fully saturated rings. The minimum absolute atomic E-state index is 0.166. The van der Waals surface area contributed by atoms with Crippen LogP contribution in [0, 0.1) is 11.2 Å². The van der Waals surface area contributed by atoms with Crippen molar-refractivity contribution in [2.75, 3.05) is 19.6 Å². The first-order valence-electron chi connectivity index (χ1n) is 7.00. The van der Waals surface area contributed by atoms with E-state index < -0.39 is 0 Å². The molecule has 0 aliphatic carbocycles. The van der Waals surface area contributed by atoms with Gasteiger partial charge in [-0.1, -0.05) is 6.07 Å². The standard InChI is InChI=1S/C15H18BrFN2O/c16-12-7-11(1-2-13(12)17)9-19-10-15(8-14(19)20)3-5-18-6-4-15/h1-2,7,18H,3-6,8-10H2. The molecule has 5 heteroatoms. The number of benzene rings is 1. The average Bonchev–Trinajstić information content (AvgIpc) is 2.71. The molecule has 1 N–H and O–H groups in total. The zero-order chi connectivity index (χ0) is 14.2. The number of nitrogens with one attached hydrogen (secondary N) is 1. The van der Waals surface area contributed by atoms with E-state index in [1.54, 1.807) is 12.1 Å². The fraction of sp³-hybridized carbons (Fsp3) is 0.533. The summed E-state index contributed by atoms with van der Waals surface area (Å²) < 4.78 is 13.7. The number of carbonyl (C=O) groups excluding carboxylic acids is 1. The fourth-order valence-corrected chi connectivity index (χ4v) is 3.70. The summed E-state index contributed by atoms with van der Waals surface area (Å²) in [7, 11) is 0. The number of hydrogen-bond donors (Lipinski definition) is 1. The van der Waals surface area contributed by atoms with Gasteiger partial charge in [0.25, 0.3) is 0 Å². The number of piperidine rings is 1. The summed E-state index contributed by atoms with van der Waals surface area (Å²) in [5, 5.41) is 3.35. The minimum Gasteiger partial charge on any atom is -0.338 e. The molecule has 1 aromatic rings. The predicted molar refractivity (Wildman–Crippen MR) is 78.7 cm³/mol. The Hall–Kier alpha value is -0.940.